The fourth-order valence-corrected chi connectivity index (χ4v) is 1.70. The van der Waals surface area contributed by atoms with E-state index in [1.807, 2.05) is 18.2 Å². The lowest BCUT2D eigenvalue weighted by atomic mass is 10.1. The molecular weight excluding hydrogens is 244 g/mol. The number of aldehydes is 1. The highest BCUT2D eigenvalue weighted by atomic mass is 35.5. The van der Waals surface area contributed by atoms with Gasteiger partial charge in [0.25, 0.3) is 0 Å². The van der Waals surface area contributed by atoms with Crippen LogP contribution in [0.2, 0.25) is 5.02 Å². The fourth-order valence-electron chi connectivity index (χ4n) is 1.11. The zero-order chi connectivity index (χ0) is 12.0. The van der Waals surface area contributed by atoms with Crippen molar-refractivity contribution in [3.63, 3.8) is 0 Å². The van der Waals surface area contributed by atoms with Crippen LogP contribution < -0.4 is 0 Å². The molecule has 84 valence electrons. The first-order valence-electron chi connectivity index (χ1n) is 4.68. The van der Waals surface area contributed by atoms with Crippen molar-refractivity contribution in [1.29, 1.82) is 0 Å². The van der Waals surface area contributed by atoms with Crippen molar-refractivity contribution >= 4 is 40.8 Å². The number of benzene rings is 1. The molecular formula is C12H11ClO2S. The second-order valence-corrected chi connectivity index (χ2v) is 4.71. The third-order valence-corrected chi connectivity index (χ3v) is 2.95. The largest absolute Gasteiger partial charge is 0.298 e. The molecule has 0 bridgehead atoms. The lowest BCUT2D eigenvalue weighted by Crippen LogP contribution is -1.84. The Balaban J connectivity index is 2.67. The zero-order valence-electron chi connectivity index (χ0n) is 8.77. The SMILES string of the molecule is CC(=O)SCC=Cc1ccc(Cl)c(C=O)c1. The van der Waals surface area contributed by atoms with Crippen LogP contribution in [0.3, 0.4) is 0 Å². The van der Waals surface area contributed by atoms with E-state index in [2.05, 4.69) is 0 Å². The Morgan fingerprint density at radius 3 is 2.88 bits per heavy atom. The summed E-state index contributed by atoms with van der Waals surface area (Å²) in [4.78, 5) is 21.3. The van der Waals surface area contributed by atoms with Gasteiger partial charge < -0.3 is 0 Å². The van der Waals surface area contributed by atoms with E-state index >= 15 is 0 Å². The minimum absolute atomic E-state index is 0.0920. The summed E-state index contributed by atoms with van der Waals surface area (Å²) in [6.45, 7) is 1.53. The van der Waals surface area contributed by atoms with Gasteiger partial charge in [0.1, 0.15) is 0 Å². The van der Waals surface area contributed by atoms with Gasteiger partial charge in [-0.2, -0.15) is 0 Å². The quantitative estimate of drug-likeness (QED) is 0.772. The van der Waals surface area contributed by atoms with Gasteiger partial charge in [0.05, 0.1) is 5.02 Å². The van der Waals surface area contributed by atoms with E-state index in [-0.39, 0.29) is 5.12 Å². The maximum absolute atomic E-state index is 10.7. The molecule has 0 aromatic heterocycles. The Kier molecular flexibility index (Phi) is 5.29. The number of thioether (sulfide) groups is 1. The molecule has 1 rings (SSSR count). The van der Waals surface area contributed by atoms with Crippen LogP contribution >= 0.6 is 23.4 Å². The van der Waals surface area contributed by atoms with Gasteiger partial charge in [-0.05, 0) is 17.7 Å². The number of hydrogen-bond acceptors (Lipinski definition) is 3. The Bertz CT molecular complexity index is 427. The smallest absolute Gasteiger partial charge is 0.186 e. The first kappa shape index (κ1) is 13.0. The van der Waals surface area contributed by atoms with Crippen LogP contribution in [0.5, 0.6) is 0 Å². The van der Waals surface area contributed by atoms with Gasteiger partial charge >= 0.3 is 0 Å². The third-order valence-electron chi connectivity index (χ3n) is 1.84. The predicted molar refractivity (Wildman–Crippen MR) is 69.0 cm³/mol. The summed E-state index contributed by atoms with van der Waals surface area (Å²) in [5.74, 6) is 0.633. The molecule has 0 aliphatic rings. The maximum Gasteiger partial charge on any atom is 0.186 e. The van der Waals surface area contributed by atoms with Crippen LogP contribution in [0.25, 0.3) is 6.08 Å². The van der Waals surface area contributed by atoms with Crippen LogP contribution in [0.4, 0.5) is 0 Å². The standard InChI is InChI=1S/C12H11ClO2S/c1-9(15)16-6-2-3-10-4-5-12(13)11(7-10)8-14/h2-5,7-8H,6H2,1H3. The van der Waals surface area contributed by atoms with Gasteiger partial charge in [-0.1, -0.05) is 41.6 Å². The van der Waals surface area contributed by atoms with E-state index in [9.17, 15) is 9.59 Å². The molecule has 1 aromatic rings. The normalized spacial score (nSPS) is 10.6. The molecule has 0 spiro atoms. The third kappa shape index (κ3) is 4.21. The van der Waals surface area contributed by atoms with E-state index in [0.29, 0.717) is 16.3 Å². The van der Waals surface area contributed by atoms with Crippen molar-refractivity contribution in [1.82, 2.24) is 0 Å². The molecule has 0 N–H and O–H groups in total. The Morgan fingerprint density at radius 2 is 2.25 bits per heavy atom. The number of halogens is 1. The van der Waals surface area contributed by atoms with Crippen LogP contribution in [-0.4, -0.2) is 17.2 Å². The average Bonchev–Trinajstić information content (AvgIpc) is 2.26. The van der Waals surface area contributed by atoms with E-state index in [1.54, 1.807) is 12.1 Å². The number of carbonyl (C=O) groups excluding carboxylic acids is 2. The maximum atomic E-state index is 10.7. The van der Waals surface area contributed by atoms with Crippen molar-refractivity contribution in [3.05, 3.63) is 40.4 Å². The van der Waals surface area contributed by atoms with Crippen molar-refractivity contribution in [2.24, 2.45) is 0 Å². The highest BCUT2D eigenvalue weighted by Gasteiger charge is 1.98. The highest BCUT2D eigenvalue weighted by molar-refractivity contribution is 8.13. The summed E-state index contributed by atoms with van der Waals surface area (Å²) < 4.78 is 0. The fraction of sp³-hybridized carbons (Fsp3) is 0.167. The molecule has 0 unspecified atom stereocenters. The van der Waals surface area contributed by atoms with E-state index < -0.39 is 0 Å². The Hall–Kier alpha value is -1.06. The molecule has 2 nitrogen and oxygen atoms in total. The second-order valence-electron chi connectivity index (χ2n) is 3.10. The summed E-state index contributed by atoms with van der Waals surface area (Å²) in [7, 11) is 0. The van der Waals surface area contributed by atoms with Crippen molar-refractivity contribution in [2.45, 2.75) is 6.92 Å². The number of carbonyl (C=O) groups is 2. The number of rotatable bonds is 4. The molecule has 0 heterocycles. The molecule has 0 aliphatic heterocycles. The molecule has 1 aromatic carbocycles. The van der Waals surface area contributed by atoms with Crippen LogP contribution in [0, 0.1) is 0 Å². The summed E-state index contributed by atoms with van der Waals surface area (Å²) in [6.07, 6.45) is 4.47. The molecule has 0 amide bonds. The minimum atomic E-state index is 0.0920. The zero-order valence-corrected chi connectivity index (χ0v) is 10.3. The Morgan fingerprint density at radius 1 is 1.50 bits per heavy atom. The van der Waals surface area contributed by atoms with Gasteiger partial charge in [-0.15, -0.1) is 0 Å². The molecule has 0 fully saturated rings. The topological polar surface area (TPSA) is 34.1 Å². The summed E-state index contributed by atoms with van der Waals surface area (Å²) in [5, 5.41) is 0.541. The molecule has 0 atom stereocenters. The van der Waals surface area contributed by atoms with Crippen molar-refractivity contribution < 1.29 is 9.59 Å². The number of hydrogen-bond donors (Lipinski definition) is 0. The molecule has 0 saturated carbocycles. The summed E-state index contributed by atoms with van der Waals surface area (Å²) in [5.41, 5.74) is 1.37. The summed E-state index contributed by atoms with van der Waals surface area (Å²) in [6, 6.07) is 5.22. The van der Waals surface area contributed by atoms with E-state index in [1.165, 1.54) is 18.7 Å². The minimum Gasteiger partial charge on any atom is -0.298 e. The monoisotopic (exact) mass is 254 g/mol. The predicted octanol–water partition coefficient (Wildman–Crippen LogP) is 3.45. The van der Waals surface area contributed by atoms with Gasteiger partial charge in [-0.25, -0.2) is 0 Å². The first-order valence-corrected chi connectivity index (χ1v) is 6.04. The van der Waals surface area contributed by atoms with Crippen molar-refractivity contribution in [3.8, 4) is 0 Å². The van der Waals surface area contributed by atoms with Gasteiger partial charge in [0, 0.05) is 18.2 Å². The molecule has 16 heavy (non-hydrogen) atoms. The molecule has 0 saturated heterocycles. The second kappa shape index (κ2) is 6.51. The molecule has 0 aliphatic carbocycles. The average molecular weight is 255 g/mol. The van der Waals surface area contributed by atoms with Gasteiger partial charge in [-0.3, -0.25) is 9.59 Å². The van der Waals surface area contributed by atoms with E-state index in [0.717, 1.165) is 11.8 Å². The van der Waals surface area contributed by atoms with Gasteiger partial charge in [0.15, 0.2) is 11.4 Å². The van der Waals surface area contributed by atoms with Crippen LogP contribution in [-0.2, 0) is 4.79 Å². The van der Waals surface area contributed by atoms with E-state index in [4.69, 9.17) is 11.6 Å². The van der Waals surface area contributed by atoms with Crippen LogP contribution in [0.1, 0.15) is 22.8 Å². The summed E-state index contributed by atoms with van der Waals surface area (Å²) >= 11 is 7.04. The van der Waals surface area contributed by atoms with Crippen molar-refractivity contribution in [2.75, 3.05) is 5.75 Å². The first-order chi connectivity index (χ1) is 7.63. The van der Waals surface area contributed by atoms with Gasteiger partial charge in [0.2, 0.25) is 0 Å². The highest BCUT2D eigenvalue weighted by Crippen LogP contribution is 2.16. The van der Waals surface area contributed by atoms with Crippen LogP contribution in [0.15, 0.2) is 24.3 Å². The molecule has 0 radical (unpaired) electrons. The Labute approximate surface area is 104 Å². The lowest BCUT2D eigenvalue weighted by molar-refractivity contribution is -0.109. The lowest BCUT2D eigenvalue weighted by Gasteiger charge is -1.98. The molecule has 4 heteroatoms.